The van der Waals surface area contributed by atoms with Crippen molar-refractivity contribution in [3.63, 3.8) is 0 Å². The number of rotatable bonds is 5. The lowest BCUT2D eigenvalue weighted by molar-refractivity contribution is -0.113. The lowest BCUT2D eigenvalue weighted by Gasteiger charge is -2.12. The summed E-state index contributed by atoms with van der Waals surface area (Å²) in [5, 5.41) is 13.2. The fourth-order valence-corrected chi connectivity index (χ4v) is 2.67. The molecule has 5 heteroatoms. The van der Waals surface area contributed by atoms with Crippen LogP contribution in [0.2, 0.25) is 5.02 Å². The van der Waals surface area contributed by atoms with Gasteiger partial charge in [-0.15, -0.1) is 11.8 Å². The lowest BCUT2D eigenvalue weighted by Crippen LogP contribution is -2.15. The van der Waals surface area contributed by atoms with E-state index in [4.69, 9.17) is 11.6 Å². The van der Waals surface area contributed by atoms with Gasteiger partial charge in [0.25, 0.3) is 0 Å². The first-order chi connectivity index (χ1) is 10.1. The molecule has 21 heavy (non-hydrogen) atoms. The van der Waals surface area contributed by atoms with E-state index in [0.29, 0.717) is 22.0 Å². The second kappa shape index (κ2) is 7.50. The van der Waals surface area contributed by atoms with Crippen LogP contribution in [0.4, 0.5) is 5.69 Å². The summed E-state index contributed by atoms with van der Waals surface area (Å²) in [5.41, 5.74) is 1.36. The van der Waals surface area contributed by atoms with Crippen molar-refractivity contribution in [3.8, 4) is 0 Å². The predicted molar refractivity (Wildman–Crippen MR) is 87.9 cm³/mol. The highest BCUT2D eigenvalue weighted by atomic mass is 35.5. The molecule has 0 aliphatic rings. The molecular formula is C16H16ClNO2S. The van der Waals surface area contributed by atoms with Crippen LogP contribution >= 0.6 is 23.4 Å². The van der Waals surface area contributed by atoms with Crippen molar-refractivity contribution >= 4 is 35.0 Å². The van der Waals surface area contributed by atoms with E-state index in [2.05, 4.69) is 5.32 Å². The molecule has 0 aliphatic heterocycles. The molecule has 1 amide bonds. The third-order valence-electron chi connectivity index (χ3n) is 2.87. The van der Waals surface area contributed by atoms with Gasteiger partial charge >= 0.3 is 0 Å². The van der Waals surface area contributed by atoms with Crippen molar-refractivity contribution in [2.24, 2.45) is 0 Å². The number of aliphatic hydroxyl groups excluding tert-OH is 1. The molecule has 0 heterocycles. The topological polar surface area (TPSA) is 49.3 Å². The quantitative estimate of drug-likeness (QED) is 0.814. The van der Waals surface area contributed by atoms with E-state index in [1.165, 1.54) is 11.8 Å². The fraction of sp³-hybridized carbons (Fsp3) is 0.188. The number of benzene rings is 2. The van der Waals surface area contributed by atoms with E-state index < -0.39 is 6.10 Å². The number of aliphatic hydroxyl groups is 1. The summed E-state index contributed by atoms with van der Waals surface area (Å²) in [6.45, 7) is 1.67. The second-order valence-corrected chi connectivity index (χ2v) is 6.04. The first-order valence-electron chi connectivity index (χ1n) is 6.51. The Morgan fingerprint density at radius 1 is 1.24 bits per heavy atom. The van der Waals surface area contributed by atoms with Crippen LogP contribution < -0.4 is 5.32 Å². The Bertz CT molecular complexity index is 614. The minimum Gasteiger partial charge on any atom is -0.389 e. The molecule has 0 spiro atoms. The van der Waals surface area contributed by atoms with Crippen LogP contribution in [-0.2, 0) is 4.79 Å². The Balaban J connectivity index is 1.94. The van der Waals surface area contributed by atoms with Crippen molar-refractivity contribution in [1.82, 2.24) is 0 Å². The summed E-state index contributed by atoms with van der Waals surface area (Å²) in [4.78, 5) is 13.0. The van der Waals surface area contributed by atoms with Crippen LogP contribution in [0.25, 0.3) is 0 Å². The highest BCUT2D eigenvalue weighted by molar-refractivity contribution is 8.00. The van der Waals surface area contributed by atoms with Crippen LogP contribution in [0.5, 0.6) is 0 Å². The minimum atomic E-state index is -0.620. The standard InChI is InChI=1S/C16H16ClNO2S/c1-11(19)14-4-2-3-5-15(14)18-16(20)10-21-13-8-6-12(17)7-9-13/h2-9,11,19H,10H2,1H3,(H,18,20). The van der Waals surface area contributed by atoms with E-state index in [9.17, 15) is 9.90 Å². The van der Waals surface area contributed by atoms with Gasteiger partial charge in [0.05, 0.1) is 11.9 Å². The summed E-state index contributed by atoms with van der Waals surface area (Å²) < 4.78 is 0. The van der Waals surface area contributed by atoms with E-state index in [1.54, 1.807) is 31.2 Å². The number of thioether (sulfide) groups is 1. The minimum absolute atomic E-state index is 0.108. The predicted octanol–water partition coefficient (Wildman–Crippen LogP) is 4.12. The average Bonchev–Trinajstić information content (AvgIpc) is 2.47. The summed E-state index contributed by atoms with van der Waals surface area (Å²) >= 11 is 7.25. The van der Waals surface area contributed by atoms with Gasteiger partial charge in [0, 0.05) is 21.2 Å². The maximum absolute atomic E-state index is 12.0. The van der Waals surface area contributed by atoms with E-state index >= 15 is 0 Å². The Morgan fingerprint density at radius 2 is 1.90 bits per heavy atom. The van der Waals surface area contributed by atoms with Crippen molar-refractivity contribution in [3.05, 3.63) is 59.1 Å². The third kappa shape index (κ3) is 4.77. The highest BCUT2D eigenvalue weighted by Gasteiger charge is 2.10. The Labute approximate surface area is 133 Å². The lowest BCUT2D eigenvalue weighted by atomic mass is 10.1. The largest absolute Gasteiger partial charge is 0.389 e. The first kappa shape index (κ1) is 15.9. The number of nitrogens with one attached hydrogen (secondary N) is 1. The van der Waals surface area contributed by atoms with Crippen LogP contribution in [-0.4, -0.2) is 16.8 Å². The summed E-state index contributed by atoms with van der Waals surface area (Å²) in [7, 11) is 0. The molecule has 0 radical (unpaired) electrons. The van der Waals surface area contributed by atoms with Gasteiger partial charge in [-0.2, -0.15) is 0 Å². The van der Waals surface area contributed by atoms with Gasteiger partial charge in [0.1, 0.15) is 0 Å². The zero-order valence-electron chi connectivity index (χ0n) is 11.5. The van der Waals surface area contributed by atoms with Crippen LogP contribution in [0.15, 0.2) is 53.4 Å². The normalized spacial score (nSPS) is 12.0. The molecule has 2 aromatic rings. The smallest absolute Gasteiger partial charge is 0.234 e. The maximum atomic E-state index is 12.0. The van der Waals surface area contributed by atoms with Gasteiger partial charge < -0.3 is 10.4 Å². The SMILES string of the molecule is CC(O)c1ccccc1NC(=O)CSc1ccc(Cl)cc1. The molecular weight excluding hydrogens is 306 g/mol. The van der Waals surface area contributed by atoms with Crippen molar-refractivity contribution < 1.29 is 9.90 Å². The number of hydrogen-bond donors (Lipinski definition) is 2. The monoisotopic (exact) mass is 321 g/mol. The number of hydrogen-bond acceptors (Lipinski definition) is 3. The number of amides is 1. The zero-order chi connectivity index (χ0) is 15.2. The van der Waals surface area contributed by atoms with Gasteiger partial charge in [-0.25, -0.2) is 0 Å². The molecule has 0 saturated heterocycles. The Kier molecular flexibility index (Phi) is 5.67. The number of carbonyl (C=O) groups excluding carboxylic acids is 1. The van der Waals surface area contributed by atoms with E-state index in [0.717, 1.165) is 4.90 Å². The number of anilines is 1. The van der Waals surface area contributed by atoms with Crippen molar-refractivity contribution in [2.45, 2.75) is 17.9 Å². The maximum Gasteiger partial charge on any atom is 0.234 e. The Morgan fingerprint density at radius 3 is 2.57 bits per heavy atom. The van der Waals surface area contributed by atoms with Gasteiger partial charge in [-0.1, -0.05) is 29.8 Å². The van der Waals surface area contributed by atoms with Crippen LogP contribution in [0.1, 0.15) is 18.6 Å². The number of halogens is 1. The van der Waals surface area contributed by atoms with Gasteiger partial charge in [0.2, 0.25) is 5.91 Å². The highest BCUT2D eigenvalue weighted by Crippen LogP contribution is 2.24. The molecule has 110 valence electrons. The molecule has 0 aliphatic carbocycles. The Hall–Kier alpha value is -1.49. The molecule has 2 N–H and O–H groups in total. The molecule has 0 saturated carbocycles. The second-order valence-electron chi connectivity index (χ2n) is 4.55. The summed E-state index contributed by atoms with van der Waals surface area (Å²) in [6.07, 6.45) is -0.620. The number of carbonyl (C=O) groups is 1. The molecule has 0 bridgehead atoms. The summed E-state index contributed by atoms with van der Waals surface area (Å²) in [5.74, 6) is 0.193. The van der Waals surface area contributed by atoms with E-state index in [1.807, 2.05) is 24.3 Å². The molecule has 0 aromatic heterocycles. The zero-order valence-corrected chi connectivity index (χ0v) is 13.1. The summed E-state index contributed by atoms with van der Waals surface area (Å²) in [6, 6.07) is 14.6. The van der Waals surface area contributed by atoms with E-state index in [-0.39, 0.29) is 5.91 Å². The average molecular weight is 322 g/mol. The van der Waals surface area contributed by atoms with Gasteiger partial charge in [0.15, 0.2) is 0 Å². The number of para-hydroxylation sites is 1. The van der Waals surface area contributed by atoms with Crippen LogP contribution in [0, 0.1) is 0 Å². The molecule has 2 rings (SSSR count). The van der Waals surface area contributed by atoms with Gasteiger partial charge in [-0.3, -0.25) is 4.79 Å². The van der Waals surface area contributed by atoms with Crippen LogP contribution in [0.3, 0.4) is 0 Å². The first-order valence-corrected chi connectivity index (χ1v) is 7.88. The molecule has 1 unspecified atom stereocenters. The fourth-order valence-electron chi connectivity index (χ4n) is 1.84. The third-order valence-corrected chi connectivity index (χ3v) is 4.13. The molecule has 3 nitrogen and oxygen atoms in total. The van der Waals surface area contributed by atoms with Crippen molar-refractivity contribution in [1.29, 1.82) is 0 Å². The van der Waals surface area contributed by atoms with Gasteiger partial charge in [-0.05, 0) is 37.3 Å². The molecule has 2 aromatic carbocycles. The van der Waals surface area contributed by atoms with Crippen molar-refractivity contribution in [2.75, 3.05) is 11.1 Å². The molecule has 0 fully saturated rings. The molecule has 1 atom stereocenters.